The van der Waals surface area contributed by atoms with E-state index in [2.05, 4.69) is 37.9 Å². The predicted octanol–water partition coefficient (Wildman–Crippen LogP) is 3.91. The van der Waals surface area contributed by atoms with Gasteiger partial charge in [-0.1, -0.05) is 22.4 Å². The molecule has 2 heterocycles. The van der Waals surface area contributed by atoms with Crippen LogP contribution in [0.2, 0.25) is 0 Å². The van der Waals surface area contributed by atoms with E-state index < -0.39 is 0 Å². The molecule has 0 atom stereocenters. The van der Waals surface area contributed by atoms with E-state index in [0.29, 0.717) is 0 Å². The van der Waals surface area contributed by atoms with Crippen LogP contribution >= 0.6 is 15.9 Å². The first-order valence-electron chi connectivity index (χ1n) is 8.55. The summed E-state index contributed by atoms with van der Waals surface area (Å²) in [4.78, 5) is 5.31. The van der Waals surface area contributed by atoms with Crippen molar-refractivity contribution in [2.75, 3.05) is 33.3 Å². The Hall–Kier alpha value is -0.580. The number of halogens is 1. The lowest BCUT2D eigenvalue weighted by Gasteiger charge is -2.40. The van der Waals surface area contributed by atoms with Crippen LogP contribution in [0, 0.1) is 0 Å². The molecule has 1 aromatic rings. The second-order valence-corrected chi connectivity index (χ2v) is 7.48. The first-order chi connectivity index (χ1) is 10.8. The smallest absolute Gasteiger partial charge is 0.123 e. The van der Waals surface area contributed by atoms with Gasteiger partial charge < -0.3 is 9.64 Å². The number of ether oxygens (including phenoxy) is 1. The fourth-order valence-electron chi connectivity index (χ4n) is 3.84. The Morgan fingerprint density at radius 2 is 1.82 bits per heavy atom. The molecule has 0 N–H and O–H groups in total. The SMILES string of the molecule is COc1ccc(Br)cc1CN1CCC(N2CCCCC2)CC1. The van der Waals surface area contributed by atoms with E-state index in [4.69, 9.17) is 4.74 Å². The second kappa shape index (κ2) is 7.80. The summed E-state index contributed by atoms with van der Waals surface area (Å²) in [6.07, 6.45) is 6.86. The first kappa shape index (κ1) is 16.3. The predicted molar refractivity (Wildman–Crippen MR) is 94.4 cm³/mol. The summed E-state index contributed by atoms with van der Waals surface area (Å²) in [6.45, 7) is 6.05. The zero-order chi connectivity index (χ0) is 15.4. The molecule has 0 bridgehead atoms. The Morgan fingerprint density at radius 1 is 1.09 bits per heavy atom. The molecule has 2 aliphatic rings. The van der Waals surface area contributed by atoms with Gasteiger partial charge in [-0.3, -0.25) is 4.90 Å². The van der Waals surface area contributed by atoms with E-state index in [0.717, 1.165) is 22.8 Å². The highest BCUT2D eigenvalue weighted by Crippen LogP contribution is 2.27. The summed E-state index contributed by atoms with van der Waals surface area (Å²) < 4.78 is 6.63. The van der Waals surface area contributed by atoms with Gasteiger partial charge in [0, 0.05) is 22.6 Å². The fourth-order valence-corrected chi connectivity index (χ4v) is 4.25. The van der Waals surface area contributed by atoms with Crippen molar-refractivity contribution in [2.45, 2.75) is 44.7 Å². The molecule has 0 spiro atoms. The van der Waals surface area contributed by atoms with E-state index in [1.807, 2.05) is 6.07 Å². The lowest BCUT2D eigenvalue weighted by Crippen LogP contribution is -2.46. The zero-order valence-corrected chi connectivity index (χ0v) is 15.1. The minimum atomic E-state index is 0.820. The Kier molecular flexibility index (Phi) is 5.77. The van der Waals surface area contributed by atoms with Crippen LogP contribution in [0.25, 0.3) is 0 Å². The molecule has 2 saturated heterocycles. The third-order valence-corrected chi connectivity index (χ3v) is 5.59. The molecule has 122 valence electrons. The topological polar surface area (TPSA) is 15.7 Å². The lowest BCUT2D eigenvalue weighted by molar-refractivity contribution is 0.0893. The third kappa shape index (κ3) is 4.03. The van der Waals surface area contributed by atoms with Gasteiger partial charge in [0.2, 0.25) is 0 Å². The van der Waals surface area contributed by atoms with E-state index in [1.54, 1.807) is 7.11 Å². The summed E-state index contributed by atoms with van der Waals surface area (Å²) in [7, 11) is 1.76. The minimum Gasteiger partial charge on any atom is -0.496 e. The highest BCUT2D eigenvalue weighted by atomic mass is 79.9. The number of hydrogen-bond donors (Lipinski definition) is 0. The van der Waals surface area contributed by atoms with Gasteiger partial charge in [0.05, 0.1) is 7.11 Å². The zero-order valence-electron chi connectivity index (χ0n) is 13.6. The van der Waals surface area contributed by atoms with Crippen LogP contribution in [0.4, 0.5) is 0 Å². The molecule has 3 nitrogen and oxygen atoms in total. The van der Waals surface area contributed by atoms with Crippen molar-refractivity contribution < 1.29 is 4.74 Å². The quantitative estimate of drug-likeness (QED) is 0.803. The molecule has 3 rings (SSSR count). The number of hydrogen-bond acceptors (Lipinski definition) is 3. The molecule has 1 aromatic carbocycles. The maximum absolute atomic E-state index is 5.50. The van der Waals surface area contributed by atoms with Crippen LogP contribution in [0.5, 0.6) is 5.75 Å². The Morgan fingerprint density at radius 3 is 2.50 bits per heavy atom. The van der Waals surface area contributed by atoms with Crippen molar-refractivity contribution in [3.05, 3.63) is 28.2 Å². The summed E-state index contributed by atoms with van der Waals surface area (Å²) in [6, 6.07) is 7.11. The second-order valence-electron chi connectivity index (χ2n) is 6.56. The van der Waals surface area contributed by atoms with Crippen LogP contribution < -0.4 is 4.74 Å². The van der Waals surface area contributed by atoms with Crippen LogP contribution in [0.1, 0.15) is 37.7 Å². The van der Waals surface area contributed by atoms with Crippen LogP contribution in [-0.4, -0.2) is 49.1 Å². The van der Waals surface area contributed by atoms with Gasteiger partial charge in [0.1, 0.15) is 5.75 Å². The Balaban J connectivity index is 1.54. The van der Waals surface area contributed by atoms with Gasteiger partial charge in [-0.05, 0) is 70.1 Å². The van der Waals surface area contributed by atoms with Crippen molar-refractivity contribution in [2.24, 2.45) is 0 Å². The van der Waals surface area contributed by atoms with Gasteiger partial charge in [-0.2, -0.15) is 0 Å². The van der Waals surface area contributed by atoms with Crippen molar-refractivity contribution in [1.29, 1.82) is 0 Å². The molecular weight excluding hydrogens is 340 g/mol. The summed E-state index contributed by atoms with van der Waals surface area (Å²) in [5, 5.41) is 0. The van der Waals surface area contributed by atoms with Crippen LogP contribution in [0.15, 0.2) is 22.7 Å². The van der Waals surface area contributed by atoms with Crippen molar-refractivity contribution >= 4 is 15.9 Å². The standard InChI is InChI=1S/C18H27BrN2O/c1-22-18-6-5-16(19)13-15(18)14-20-11-7-17(8-12-20)21-9-3-2-4-10-21/h5-6,13,17H,2-4,7-12,14H2,1H3. The lowest BCUT2D eigenvalue weighted by atomic mass is 9.99. The summed E-state index contributed by atoms with van der Waals surface area (Å²) >= 11 is 3.57. The maximum atomic E-state index is 5.50. The number of benzene rings is 1. The summed E-state index contributed by atoms with van der Waals surface area (Å²) in [5.74, 6) is 1.00. The van der Waals surface area contributed by atoms with E-state index in [9.17, 15) is 0 Å². The van der Waals surface area contributed by atoms with Crippen LogP contribution in [-0.2, 0) is 6.54 Å². The molecular formula is C18H27BrN2O. The highest BCUT2D eigenvalue weighted by molar-refractivity contribution is 9.10. The van der Waals surface area contributed by atoms with Gasteiger partial charge in [-0.15, -0.1) is 0 Å². The molecule has 0 aliphatic carbocycles. The molecule has 4 heteroatoms. The number of likely N-dealkylation sites (tertiary alicyclic amines) is 2. The minimum absolute atomic E-state index is 0.820. The van der Waals surface area contributed by atoms with E-state index >= 15 is 0 Å². The molecule has 0 saturated carbocycles. The molecule has 22 heavy (non-hydrogen) atoms. The number of nitrogens with zero attached hydrogens (tertiary/aromatic N) is 2. The summed E-state index contributed by atoms with van der Waals surface area (Å²) in [5.41, 5.74) is 1.29. The first-order valence-corrected chi connectivity index (χ1v) is 9.34. The maximum Gasteiger partial charge on any atom is 0.123 e. The third-order valence-electron chi connectivity index (χ3n) is 5.10. The average Bonchev–Trinajstić information content (AvgIpc) is 2.57. The van der Waals surface area contributed by atoms with E-state index in [-0.39, 0.29) is 0 Å². The normalized spacial score (nSPS) is 21.9. The van der Waals surface area contributed by atoms with Gasteiger partial charge in [0.15, 0.2) is 0 Å². The Labute approximate surface area is 142 Å². The largest absolute Gasteiger partial charge is 0.496 e. The number of piperidine rings is 2. The molecule has 2 aliphatic heterocycles. The molecule has 0 unspecified atom stereocenters. The Bertz CT molecular complexity index is 480. The molecule has 0 amide bonds. The van der Waals surface area contributed by atoms with Crippen molar-refractivity contribution in [1.82, 2.24) is 9.80 Å². The molecule has 2 fully saturated rings. The number of methoxy groups -OCH3 is 1. The van der Waals surface area contributed by atoms with Crippen molar-refractivity contribution in [3.63, 3.8) is 0 Å². The molecule has 0 aromatic heterocycles. The van der Waals surface area contributed by atoms with Gasteiger partial charge >= 0.3 is 0 Å². The fraction of sp³-hybridized carbons (Fsp3) is 0.667. The molecule has 0 radical (unpaired) electrons. The van der Waals surface area contributed by atoms with Crippen LogP contribution in [0.3, 0.4) is 0 Å². The highest BCUT2D eigenvalue weighted by Gasteiger charge is 2.25. The number of rotatable bonds is 4. The monoisotopic (exact) mass is 366 g/mol. The van der Waals surface area contributed by atoms with E-state index in [1.165, 1.54) is 63.8 Å². The van der Waals surface area contributed by atoms with Gasteiger partial charge in [0.25, 0.3) is 0 Å². The average molecular weight is 367 g/mol. The van der Waals surface area contributed by atoms with Crippen molar-refractivity contribution in [3.8, 4) is 5.75 Å². The van der Waals surface area contributed by atoms with Gasteiger partial charge in [-0.25, -0.2) is 0 Å².